The molecule has 0 unspecified atom stereocenters. The smallest absolute Gasteiger partial charge is 0.254 e. The summed E-state index contributed by atoms with van der Waals surface area (Å²) >= 11 is 0. The second-order valence-corrected chi connectivity index (χ2v) is 5.78. The van der Waals surface area contributed by atoms with Gasteiger partial charge in [-0.3, -0.25) is 4.79 Å². The minimum absolute atomic E-state index is 0.168. The molecular formula is C20H20N4O. The van der Waals surface area contributed by atoms with Gasteiger partial charge in [-0.25, -0.2) is 9.97 Å². The lowest BCUT2D eigenvalue weighted by atomic mass is 10.1. The zero-order chi connectivity index (χ0) is 17.5. The molecule has 0 aliphatic heterocycles. The Morgan fingerprint density at radius 3 is 2.48 bits per heavy atom. The molecule has 1 aromatic heterocycles. The number of aryl methyl sites for hydroxylation is 1. The second kappa shape index (κ2) is 8.06. The lowest BCUT2D eigenvalue weighted by molar-refractivity contribution is 0.0953. The van der Waals surface area contributed by atoms with E-state index in [-0.39, 0.29) is 5.91 Å². The van der Waals surface area contributed by atoms with E-state index < -0.39 is 0 Å². The van der Waals surface area contributed by atoms with E-state index in [1.165, 1.54) is 18.0 Å². The quantitative estimate of drug-likeness (QED) is 0.725. The van der Waals surface area contributed by atoms with Crippen LogP contribution in [0.2, 0.25) is 0 Å². The van der Waals surface area contributed by atoms with Crippen LogP contribution in [-0.4, -0.2) is 22.4 Å². The lowest BCUT2D eigenvalue weighted by Gasteiger charge is -2.07. The van der Waals surface area contributed by atoms with Crippen LogP contribution in [-0.2, 0) is 6.42 Å². The van der Waals surface area contributed by atoms with Gasteiger partial charge in [-0.05, 0) is 36.6 Å². The summed E-state index contributed by atoms with van der Waals surface area (Å²) in [6, 6.07) is 18.0. The van der Waals surface area contributed by atoms with Crippen molar-refractivity contribution in [1.82, 2.24) is 15.3 Å². The van der Waals surface area contributed by atoms with Gasteiger partial charge in [-0.15, -0.1) is 0 Å². The SMILES string of the molecule is Cc1cccc(Nc2ncc(C(=O)NCCc3ccccc3)cn2)c1. The number of anilines is 2. The molecule has 1 heterocycles. The number of carbonyl (C=O) groups excluding carboxylic acids is 1. The van der Waals surface area contributed by atoms with Crippen LogP contribution >= 0.6 is 0 Å². The van der Waals surface area contributed by atoms with Gasteiger partial charge < -0.3 is 10.6 Å². The number of hydrogen-bond donors (Lipinski definition) is 2. The summed E-state index contributed by atoms with van der Waals surface area (Å²) in [5, 5.41) is 6.01. The van der Waals surface area contributed by atoms with Crippen LogP contribution in [0.1, 0.15) is 21.5 Å². The molecule has 0 aliphatic rings. The normalized spacial score (nSPS) is 10.3. The molecule has 126 valence electrons. The average molecular weight is 332 g/mol. The Hall–Kier alpha value is -3.21. The average Bonchev–Trinajstić information content (AvgIpc) is 2.63. The number of carbonyl (C=O) groups is 1. The van der Waals surface area contributed by atoms with Gasteiger partial charge in [0.25, 0.3) is 5.91 Å². The third-order valence-corrected chi connectivity index (χ3v) is 3.73. The molecule has 0 bridgehead atoms. The Kier molecular flexibility index (Phi) is 5.36. The number of nitrogens with one attached hydrogen (secondary N) is 2. The first-order valence-electron chi connectivity index (χ1n) is 8.18. The minimum Gasteiger partial charge on any atom is -0.352 e. The second-order valence-electron chi connectivity index (χ2n) is 5.78. The van der Waals surface area contributed by atoms with Gasteiger partial charge in [0.05, 0.1) is 5.56 Å². The monoisotopic (exact) mass is 332 g/mol. The molecule has 0 atom stereocenters. The van der Waals surface area contributed by atoms with E-state index in [4.69, 9.17) is 0 Å². The molecule has 0 saturated heterocycles. The van der Waals surface area contributed by atoms with Crippen molar-refractivity contribution in [3.8, 4) is 0 Å². The number of hydrogen-bond acceptors (Lipinski definition) is 4. The van der Waals surface area contributed by atoms with Gasteiger partial charge in [0, 0.05) is 24.6 Å². The maximum absolute atomic E-state index is 12.1. The van der Waals surface area contributed by atoms with Gasteiger partial charge in [-0.2, -0.15) is 0 Å². The van der Waals surface area contributed by atoms with Crippen molar-refractivity contribution in [2.45, 2.75) is 13.3 Å². The van der Waals surface area contributed by atoms with E-state index in [1.54, 1.807) is 0 Å². The first kappa shape index (κ1) is 16.6. The molecule has 2 N–H and O–H groups in total. The highest BCUT2D eigenvalue weighted by atomic mass is 16.1. The highest BCUT2D eigenvalue weighted by Gasteiger charge is 2.07. The van der Waals surface area contributed by atoms with Crippen molar-refractivity contribution >= 4 is 17.5 Å². The first-order valence-corrected chi connectivity index (χ1v) is 8.18. The van der Waals surface area contributed by atoms with E-state index in [1.807, 2.05) is 61.5 Å². The molecule has 25 heavy (non-hydrogen) atoms. The largest absolute Gasteiger partial charge is 0.352 e. The van der Waals surface area contributed by atoms with Crippen LogP contribution in [0.5, 0.6) is 0 Å². The molecule has 1 amide bonds. The van der Waals surface area contributed by atoms with Crippen molar-refractivity contribution in [1.29, 1.82) is 0 Å². The molecule has 3 rings (SSSR count). The molecule has 0 spiro atoms. The maximum atomic E-state index is 12.1. The van der Waals surface area contributed by atoms with E-state index >= 15 is 0 Å². The molecule has 3 aromatic rings. The van der Waals surface area contributed by atoms with E-state index in [0.29, 0.717) is 18.1 Å². The van der Waals surface area contributed by atoms with Gasteiger partial charge in [0.1, 0.15) is 0 Å². The third kappa shape index (κ3) is 4.88. The van der Waals surface area contributed by atoms with Crippen molar-refractivity contribution in [3.05, 3.63) is 83.7 Å². The van der Waals surface area contributed by atoms with Gasteiger partial charge >= 0.3 is 0 Å². The highest BCUT2D eigenvalue weighted by Crippen LogP contribution is 2.14. The molecule has 0 aliphatic carbocycles. The van der Waals surface area contributed by atoms with Crippen LogP contribution in [0.15, 0.2) is 67.0 Å². The molecule has 0 saturated carbocycles. The summed E-state index contributed by atoms with van der Waals surface area (Å²) < 4.78 is 0. The Labute approximate surface area is 147 Å². The van der Waals surface area contributed by atoms with Gasteiger partial charge in [0.2, 0.25) is 5.95 Å². The Balaban J connectivity index is 1.53. The van der Waals surface area contributed by atoms with Gasteiger partial charge in [-0.1, -0.05) is 42.5 Å². The highest BCUT2D eigenvalue weighted by molar-refractivity contribution is 5.93. The summed E-state index contributed by atoms with van der Waals surface area (Å²) in [4.78, 5) is 20.6. The van der Waals surface area contributed by atoms with Crippen molar-refractivity contribution in [3.63, 3.8) is 0 Å². The number of nitrogens with zero attached hydrogens (tertiary/aromatic N) is 2. The fourth-order valence-electron chi connectivity index (χ4n) is 2.43. The Morgan fingerprint density at radius 2 is 1.76 bits per heavy atom. The zero-order valence-corrected chi connectivity index (χ0v) is 14.1. The van der Waals surface area contributed by atoms with Crippen LogP contribution in [0.4, 0.5) is 11.6 Å². The maximum Gasteiger partial charge on any atom is 0.254 e. The van der Waals surface area contributed by atoms with E-state index in [2.05, 4.69) is 20.6 Å². The van der Waals surface area contributed by atoms with E-state index in [0.717, 1.165) is 17.7 Å². The lowest BCUT2D eigenvalue weighted by Crippen LogP contribution is -2.26. The first-order chi connectivity index (χ1) is 12.2. The Morgan fingerprint density at radius 1 is 1.00 bits per heavy atom. The summed E-state index contributed by atoms with van der Waals surface area (Å²) in [5.41, 5.74) is 3.71. The molecule has 0 radical (unpaired) electrons. The zero-order valence-electron chi connectivity index (χ0n) is 14.1. The summed E-state index contributed by atoms with van der Waals surface area (Å²) in [6.45, 7) is 2.60. The third-order valence-electron chi connectivity index (χ3n) is 3.73. The van der Waals surface area contributed by atoms with Crippen molar-refractivity contribution in [2.75, 3.05) is 11.9 Å². The molecule has 2 aromatic carbocycles. The van der Waals surface area contributed by atoms with Crippen LogP contribution in [0, 0.1) is 6.92 Å². The molecule has 5 nitrogen and oxygen atoms in total. The summed E-state index contributed by atoms with van der Waals surface area (Å²) in [6.07, 6.45) is 3.85. The summed E-state index contributed by atoms with van der Waals surface area (Å²) in [7, 11) is 0. The predicted octanol–water partition coefficient (Wildman–Crippen LogP) is 3.50. The van der Waals surface area contributed by atoms with Crippen LogP contribution in [0.25, 0.3) is 0 Å². The summed E-state index contributed by atoms with van der Waals surface area (Å²) in [5.74, 6) is 0.296. The van der Waals surface area contributed by atoms with Crippen molar-refractivity contribution in [2.24, 2.45) is 0 Å². The topological polar surface area (TPSA) is 66.9 Å². The molecule has 5 heteroatoms. The van der Waals surface area contributed by atoms with E-state index in [9.17, 15) is 4.79 Å². The number of amides is 1. The number of aromatic nitrogens is 2. The minimum atomic E-state index is -0.168. The molecular weight excluding hydrogens is 312 g/mol. The fraction of sp³-hybridized carbons (Fsp3) is 0.150. The standard InChI is InChI=1S/C20H20N4O/c1-15-6-5-9-18(12-15)24-20-22-13-17(14-23-20)19(25)21-11-10-16-7-3-2-4-8-16/h2-9,12-14H,10-11H2,1H3,(H,21,25)(H,22,23,24). The van der Waals surface area contributed by atoms with Gasteiger partial charge in [0.15, 0.2) is 0 Å². The van der Waals surface area contributed by atoms with Crippen LogP contribution < -0.4 is 10.6 Å². The predicted molar refractivity (Wildman–Crippen MR) is 99.0 cm³/mol. The number of benzene rings is 2. The number of rotatable bonds is 6. The van der Waals surface area contributed by atoms with Crippen LogP contribution in [0.3, 0.4) is 0 Å². The Bertz CT molecular complexity index is 832. The fourth-order valence-corrected chi connectivity index (χ4v) is 2.43. The molecule has 0 fully saturated rings. The van der Waals surface area contributed by atoms with Crippen molar-refractivity contribution < 1.29 is 4.79 Å².